The van der Waals surface area contributed by atoms with E-state index >= 15 is 0 Å². The van der Waals surface area contributed by atoms with Gasteiger partial charge in [-0.2, -0.15) is 0 Å². The van der Waals surface area contributed by atoms with Gasteiger partial charge in [0, 0.05) is 38.4 Å². The molecule has 3 rings (SSSR count). The van der Waals surface area contributed by atoms with Gasteiger partial charge in [-0.15, -0.1) is 0 Å². The zero-order chi connectivity index (χ0) is 13.3. The maximum atomic E-state index is 5.73. The van der Waals surface area contributed by atoms with Crippen LogP contribution in [0.2, 0.25) is 0 Å². The van der Waals surface area contributed by atoms with E-state index in [-0.39, 0.29) is 5.54 Å². The molecule has 0 bridgehead atoms. The van der Waals surface area contributed by atoms with Crippen LogP contribution in [0, 0.1) is 0 Å². The first kappa shape index (κ1) is 12.6. The van der Waals surface area contributed by atoms with Gasteiger partial charge in [0.1, 0.15) is 11.6 Å². The van der Waals surface area contributed by atoms with Crippen LogP contribution >= 0.6 is 0 Å². The fourth-order valence-electron chi connectivity index (χ4n) is 3.07. The van der Waals surface area contributed by atoms with Crippen molar-refractivity contribution in [1.29, 1.82) is 0 Å². The van der Waals surface area contributed by atoms with Crippen molar-refractivity contribution in [2.75, 3.05) is 50.5 Å². The molecule has 2 fully saturated rings. The van der Waals surface area contributed by atoms with Crippen molar-refractivity contribution in [2.45, 2.75) is 18.4 Å². The van der Waals surface area contributed by atoms with E-state index in [2.05, 4.69) is 26.8 Å². The second-order valence-electron chi connectivity index (χ2n) is 5.48. The minimum absolute atomic E-state index is 0.211. The Kier molecular flexibility index (Phi) is 3.28. The Morgan fingerprint density at radius 1 is 1.26 bits per heavy atom. The number of ether oxygens (including phenoxy) is 1. The van der Waals surface area contributed by atoms with E-state index in [1.807, 2.05) is 0 Å². The van der Waals surface area contributed by atoms with E-state index in [1.165, 1.54) is 0 Å². The Bertz CT molecular complexity index is 446. The van der Waals surface area contributed by atoms with Gasteiger partial charge in [0.15, 0.2) is 0 Å². The highest BCUT2D eigenvalue weighted by Crippen LogP contribution is 2.32. The second-order valence-corrected chi connectivity index (χ2v) is 5.48. The lowest BCUT2D eigenvalue weighted by Crippen LogP contribution is -2.63. The molecule has 2 saturated heterocycles. The van der Waals surface area contributed by atoms with Gasteiger partial charge in [0.05, 0.1) is 12.4 Å². The predicted molar refractivity (Wildman–Crippen MR) is 74.1 cm³/mol. The molecule has 1 spiro atoms. The molecule has 2 N–H and O–H groups in total. The molecule has 0 aromatic carbocycles. The smallest absolute Gasteiger partial charge is 0.149 e. The lowest BCUT2D eigenvalue weighted by Gasteiger charge is -2.51. The molecule has 0 aliphatic carbocycles. The number of rotatable bonds is 1. The summed E-state index contributed by atoms with van der Waals surface area (Å²) in [4.78, 5) is 13.3. The van der Waals surface area contributed by atoms with Crippen molar-refractivity contribution in [3.63, 3.8) is 0 Å². The summed E-state index contributed by atoms with van der Waals surface area (Å²) in [5.74, 6) is 1.37. The molecule has 0 saturated carbocycles. The summed E-state index contributed by atoms with van der Waals surface area (Å²) < 4.78 is 5.51. The summed E-state index contributed by atoms with van der Waals surface area (Å²) in [5.41, 5.74) is 5.94. The SMILES string of the molecule is CN1CCN(c2cncc(N)n2)CC12CCOCC2. The van der Waals surface area contributed by atoms with Crippen LogP contribution in [0.3, 0.4) is 0 Å². The van der Waals surface area contributed by atoms with E-state index < -0.39 is 0 Å². The molecule has 0 unspecified atom stereocenters. The topological polar surface area (TPSA) is 67.5 Å². The summed E-state index contributed by atoms with van der Waals surface area (Å²) in [7, 11) is 2.22. The Morgan fingerprint density at radius 3 is 2.79 bits per heavy atom. The van der Waals surface area contributed by atoms with Gasteiger partial charge in [-0.05, 0) is 19.9 Å². The second kappa shape index (κ2) is 4.94. The predicted octanol–water partition coefficient (Wildman–Crippen LogP) is 0.360. The lowest BCUT2D eigenvalue weighted by atomic mass is 9.86. The number of nitrogen functional groups attached to an aromatic ring is 1. The maximum Gasteiger partial charge on any atom is 0.149 e. The monoisotopic (exact) mass is 263 g/mol. The van der Waals surface area contributed by atoms with E-state index in [1.54, 1.807) is 12.4 Å². The largest absolute Gasteiger partial charge is 0.382 e. The third kappa shape index (κ3) is 2.37. The molecular formula is C13H21N5O. The molecule has 1 aromatic heterocycles. The van der Waals surface area contributed by atoms with Crippen LogP contribution in [0.25, 0.3) is 0 Å². The molecule has 3 heterocycles. The first-order chi connectivity index (χ1) is 9.20. The number of nitrogens with two attached hydrogens (primary N) is 1. The fraction of sp³-hybridized carbons (Fsp3) is 0.692. The van der Waals surface area contributed by atoms with Gasteiger partial charge < -0.3 is 15.4 Å². The third-order valence-electron chi connectivity index (χ3n) is 4.39. The van der Waals surface area contributed by atoms with Gasteiger partial charge in [0.25, 0.3) is 0 Å². The van der Waals surface area contributed by atoms with Crippen LogP contribution in [-0.2, 0) is 4.74 Å². The third-order valence-corrected chi connectivity index (χ3v) is 4.39. The molecule has 104 valence electrons. The highest BCUT2D eigenvalue weighted by Gasteiger charge is 2.41. The number of hydrogen-bond acceptors (Lipinski definition) is 6. The zero-order valence-electron chi connectivity index (χ0n) is 11.4. The van der Waals surface area contributed by atoms with Crippen LogP contribution in [0.15, 0.2) is 12.4 Å². The molecule has 6 heteroatoms. The Morgan fingerprint density at radius 2 is 2.05 bits per heavy atom. The minimum Gasteiger partial charge on any atom is -0.382 e. The molecule has 6 nitrogen and oxygen atoms in total. The summed E-state index contributed by atoms with van der Waals surface area (Å²) >= 11 is 0. The number of anilines is 2. The number of piperazine rings is 1. The van der Waals surface area contributed by atoms with Crippen LogP contribution < -0.4 is 10.6 Å². The molecule has 19 heavy (non-hydrogen) atoms. The van der Waals surface area contributed by atoms with Crippen LogP contribution in [0.4, 0.5) is 11.6 Å². The number of likely N-dealkylation sites (N-methyl/N-ethyl adjacent to an activating group) is 1. The van der Waals surface area contributed by atoms with Crippen molar-refractivity contribution in [2.24, 2.45) is 0 Å². The van der Waals surface area contributed by atoms with Gasteiger partial charge >= 0.3 is 0 Å². The minimum atomic E-state index is 0.211. The van der Waals surface area contributed by atoms with Crippen molar-refractivity contribution in [1.82, 2.24) is 14.9 Å². The van der Waals surface area contributed by atoms with Gasteiger partial charge in [-0.25, -0.2) is 4.98 Å². The first-order valence-corrected chi connectivity index (χ1v) is 6.81. The quantitative estimate of drug-likeness (QED) is 0.789. The van der Waals surface area contributed by atoms with Crippen molar-refractivity contribution in [3.05, 3.63) is 12.4 Å². The summed E-state index contributed by atoms with van der Waals surface area (Å²) in [6.45, 7) is 4.68. The zero-order valence-corrected chi connectivity index (χ0v) is 11.4. The molecule has 2 aliphatic rings. The molecule has 0 atom stereocenters. The van der Waals surface area contributed by atoms with E-state index in [0.717, 1.165) is 51.5 Å². The molecular weight excluding hydrogens is 242 g/mol. The average molecular weight is 263 g/mol. The Hall–Kier alpha value is -1.40. The van der Waals surface area contributed by atoms with Crippen LogP contribution in [-0.4, -0.2) is 60.3 Å². The maximum absolute atomic E-state index is 5.73. The summed E-state index contributed by atoms with van der Waals surface area (Å²) in [6.07, 6.45) is 5.55. The molecule has 0 amide bonds. The van der Waals surface area contributed by atoms with Crippen molar-refractivity contribution < 1.29 is 4.74 Å². The molecule has 2 aliphatic heterocycles. The van der Waals surface area contributed by atoms with Crippen molar-refractivity contribution in [3.8, 4) is 0 Å². The Labute approximate surface area is 113 Å². The van der Waals surface area contributed by atoms with E-state index in [9.17, 15) is 0 Å². The number of aromatic nitrogens is 2. The lowest BCUT2D eigenvalue weighted by molar-refractivity contribution is -0.0221. The highest BCUT2D eigenvalue weighted by molar-refractivity contribution is 5.42. The highest BCUT2D eigenvalue weighted by atomic mass is 16.5. The summed E-state index contributed by atoms with van der Waals surface area (Å²) in [5, 5.41) is 0. The van der Waals surface area contributed by atoms with Crippen LogP contribution in [0.5, 0.6) is 0 Å². The Balaban J connectivity index is 1.81. The normalized spacial score (nSPS) is 23.7. The van der Waals surface area contributed by atoms with E-state index in [4.69, 9.17) is 10.5 Å². The standard InChI is InChI=1S/C13H21N5O/c1-17-4-5-18(12-9-15-8-11(14)16-12)10-13(17)2-6-19-7-3-13/h8-9H,2-7,10H2,1H3,(H2,14,16). The number of nitrogens with zero attached hydrogens (tertiary/aromatic N) is 4. The fourth-order valence-corrected chi connectivity index (χ4v) is 3.07. The summed E-state index contributed by atoms with van der Waals surface area (Å²) in [6, 6.07) is 0. The van der Waals surface area contributed by atoms with Crippen LogP contribution in [0.1, 0.15) is 12.8 Å². The number of hydrogen-bond donors (Lipinski definition) is 1. The van der Waals surface area contributed by atoms with Gasteiger partial charge in [-0.3, -0.25) is 9.88 Å². The first-order valence-electron chi connectivity index (χ1n) is 6.81. The average Bonchev–Trinajstić information content (AvgIpc) is 2.43. The molecule has 1 aromatic rings. The van der Waals surface area contributed by atoms with Gasteiger partial charge in [0.2, 0.25) is 0 Å². The van der Waals surface area contributed by atoms with E-state index in [0.29, 0.717) is 5.82 Å². The van der Waals surface area contributed by atoms with Gasteiger partial charge in [-0.1, -0.05) is 0 Å². The molecule has 0 radical (unpaired) electrons. The van der Waals surface area contributed by atoms with Crippen molar-refractivity contribution >= 4 is 11.6 Å².